The number of hydrogen-bond donors (Lipinski definition) is 2. The van der Waals surface area contributed by atoms with E-state index in [2.05, 4.69) is 9.05 Å². The van der Waals surface area contributed by atoms with Gasteiger partial charge in [0, 0.05) is 7.11 Å². The lowest BCUT2D eigenvalue weighted by atomic mass is 9.89. The molecule has 0 spiro atoms. The maximum absolute atomic E-state index is 12.7. The van der Waals surface area contributed by atoms with Gasteiger partial charge < -0.3 is 10.2 Å². The Hall–Kier alpha value is -0.0000000000000000139. The molecule has 2 unspecified atom stereocenters. The van der Waals surface area contributed by atoms with Crippen molar-refractivity contribution in [2.24, 2.45) is 0 Å². The molecule has 2 N–H and O–H groups in total. The minimum atomic E-state index is -4.61. The molecule has 5 nitrogen and oxygen atoms in total. The highest BCUT2D eigenvalue weighted by molar-refractivity contribution is 7.48. The van der Waals surface area contributed by atoms with E-state index in [1.807, 2.05) is 0 Å². The Balaban J connectivity index is 4.34. The second-order valence-electron chi connectivity index (χ2n) is 3.72. The van der Waals surface area contributed by atoms with Gasteiger partial charge in [-0.3, -0.25) is 9.05 Å². The predicted octanol–water partition coefficient (Wildman–Crippen LogP) is 1.25. The monoisotopic (exact) mass is 230 g/mol. The highest BCUT2D eigenvalue weighted by Crippen LogP contribution is 2.49. The van der Waals surface area contributed by atoms with Crippen molar-refractivity contribution in [3.63, 3.8) is 0 Å². The van der Waals surface area contributed by atoms with Gasteiger partial charge in [0.15, 0.2) is 0 Å². The molecule has 0 amide bonds. The van der Waals surface area contributed by atoms with E-state index < -0.39 is 25.7 Å². The number of hydrogen-bond acceptors (Lipinski definition) is 5. The maximum atomic E-state index is 12.7. The fourth-order valence-electron chi connectivity index (χ4n) is 0.432. The first-order valence-corrected chi connectivity index (χ1v) is 5.40. The van der Waals surface area contributed by atoms with Crippen LogP contribution in [0.15, 0.2) is 0 Å². The van der Waals surface area contributed by atoms with Gasteiger partial charge >= 0.3 is 7.91 Å². The Bertz CT molecular complexity index is 235. The Morgan fingerprint density at radius 2 is 1.79 bits per heavy atom. The predicted molar refractivity (Wildman–Crippen MR) is 48.6 cm³/mol. The van der Waals surface area contributed by atoms with Gasteiger partial charge in [0.2, 0.25) is 0 Å². The number of aliphatic hydroxyl groups is 2. The van der Waals surface area contributed by atoms with Crippen molar-refractivity contribution in [1.29, 1.82) is 0 Å². The molecular weight excluding hydrogens is 214 g/mol. The third kappa shape index (κ3) is 4.02. The van der Waals surface area contributed by atoms with E-state index in [1.165, 1.54) is 20.8 Å². The first-order chi connectivity index (χ1) is 6.02. The van der Waals surface area contributed by atoms with E-state index in [9.17, 15) is 19.0 Å². The number of rotatable bonds is 5. The van der Waals surface area contributed by atoms with Gasteiger partial charge in [-0.25, -0.2) is 4.57 Å². The topological polar surface area (TPSA) is 76.0 Å². The quantitative estimate of drug-likeness (QED) is 0.695. The third-order valence-electron chi connectivity index (χ3n) is 2.04. The molecule has 0 heterocycles. The average Bonchev–Trinajstić information content (AvgIpc) is 1.99. The summed E-state index contributed by atoms with van der Waals surface area (Å²) in [5, 5.41) is 19.0. The SMILES string of the molecule is COP(=O)(F)OCC(C)(O)C(C)(C)O. The first-order valence-electron chi connectivity index (χ1n) is 3.96. The van der Waals surface area contributed by atoms with Gasteiger partial charge in [-0.05, 0) is 20.8 Å². The Kier molecular flexibility index (Phi) is 4.24. The molecule has 14 heavy (non-hydrogen) atoms. The van der Waals surface area contributed by atoms with Gasteiger partial charge in [0.1, 0.15) is 5.60 Å². The van der Waals surface area contributed by atoms with Crippen LogP contribution in [0.25, 0.3) is 0 Å². The summed E-state index contributed by atoms with van der Waals surface area (Å²) < 4.78 is 31.5. The molecule has 0 rings (SSSR count). The molecule has 0 saturated carbocycles. The zero-order chi connectivity index (χ0) is 11.6. The molecule has 0 fully saturated rings. The van der Waals surface area contributed by atoms with Crippen LogP contribution in [0.2, 0.25) is 0 Å². The second-order valence-corrected chi connectivity index (χ2v) is 5.20. The molecule has 0 radical (unpaired) electrons. The van der Waals surface area contributed by atoms with Crippen LogP contribution in [0.1, 0.15) is 20.8 Å². The Morgan fingerprint density at radius 3 is 2.07 bits per heavy atom. The van der Waals surface area contributed by atoms with Crippen LogP contribution in [-0.4, -0.2) is 35.1 Å². The van der Waals surface area contributed by atoms with Crippen LogP contribution in [0.5, 0.6) is 0 Å². The van der Waals surface area contributed by atoms with Crippen molar-refractivity contribution in [3.05, 3.63) is 0 Å². The summed E-state index contributed by atoms with van der Waals surface area (Å²) in [6, 6.07) is 0. The third-order valence-corrected chi connectivity index (χ3v) is 2.91. The van der Waals surface area contributed by atoms with Crippen LogP contribution in [-0.2, 0) is 13.6 Å². The molecular formula is C7H16FO5P. The molecule has 0 aromatic rings. The summed E-state index contributed by atoms with van der Waals surface area (Å²) >= 11 is 0. The van der Waals surface area contributed by atoms with Crippen molar-refractivity contribution in [2.45, 2.75) is 32.0 Å². The van der Waals surface area contributed by atoms with Crippen LogP contribution in [0, 0.1) is 0 Å². The minimum Gasteiger partial charge on any atom is -0.387 e. The largest absolute Gasteiger partial charge is 0.512 e. The summed E-state index contributed by atoms with van der Waals surface area (Å²) in [5.74, 6) is 0. The second kappa shape index (κ2) is 4.24. The normalized spacial score (nSPS) is 21.4. The van der Waals surface area contributed by atoms with E-state index in [1.54, 1.807) is 0 Å². The zero-order valence-corrected chi connectivity index (χ0v) is 9.55. The fraction of sp³-hybridized carbons (Fsp3) is 1.00. The smallest absolute Gasteiger partial charge is 0.387 e. The standard InChI is InChI=1S/C7H16FO5P/c1-6(2,9)7(3,10)5-13-14(8,11)12-4/h9-10H,5H2,1-4H3. The molecule has 7 heteroatoms. The van der Waals surface area contributed by atoms with Crippen LogP contribution in [0.4, 0.5) is 4.20 Å². The lowest BCUT2D eigenvalue weighted by Gasteiger charge is -2.35. The van der Waals surface area contributed by atoms with E-state index in [0.29, 0.717) is 0 Å². The van der Waals surface area contributed by atoms with Crippen molar-refractivity contribution in [3.8, 4) is 0 Å². The summed E-state index contributed by atoms with van der Waals surface area (Å²) in [4.78, 5) is 0. The van der Waals surface area contributed by atoms with Crippen molar-refractivity contribution < 1.29 is 28.0 Å². The van der Waals surface area contributed by atoms with Crippen LogP contribution < -0.4 is 0 Å². The molecule has 0 saturated heterocycles. The minimum absolute atomic E-state index is 0.627. The molecule has 0 aromatic carbocycles. The van der Waals surface area contributed by atoms with Crippen LogP contribution >= 0.6 is 7.91 Å². The molecule has 0 aliphatic heterocycles. The highest BCUT2D eigenvalue weighted by Gasteiger charge is 2.40. The maximum Gasteiger partial charge on any atom is 0.512 e. The molecule has 0 aromatic heterocycles. The fourth-order valence-corrected chi connectivity index (χ4v) is 0.943. The van der Waals surface area contributed by atoms with Gasteiger partial charge in [-0.2, -0.15) is 0 Å². The van der Waals surface area contributed by atoms with Gasteiger partial charge in [0.05, 0.1) is 12.2 Å². The molecule has 0 aliphatic carbocycles. The van der Waals surface area contributed by atoms with Gasteiger partial charge in [0.25, 0.3) is 0 Å². The molecule has 2 atom stereocenters. The summed E-state index contributed by atoms with van der Waals surface area (Å²) in [6.45, 7) is 3.26. The molecule has 0 bridgehead atoms. The zero-order valence-electron chi connectivity index (χ0n) is 8.65. The van der Waals surface area contributed by atoms with Crippen molar-refractivity contribution >= 4 is 7.91 Å². The summed E-state index contributed by atoms with van der Waals surface area (Å²) in [6.07, 6.45) is 0. The Labute approximate surface area is 82.5 Å². The lowest BCUT2D eigenvalue weighted by molar-refractivity contribution is -0.139. The van der Waals surface area contributed by atoms with E-state index in [0.717, 1.165) is 7.11 Å². The molecule has 0 aliphatic rings. The van der Waals surface area contributed by atoms with Gasteiger partial charge in [-0.1, -0.05) is 0 Å². The molecule has 86 valence electrons. The van der Waals surface area contributed by atoms with E-state index in [-0.39, 0.29) is 0 Å². The lowest BCUT2D eigenvalue weighted by Crippen LogP contribution is -2.50. The first kappa shape index (κ1) is 14.0. The van der Waals surface area contributed by atoms with Crippen LogP contribution in [0.3, 0.4) is 0 Å². The Morgan fingerprint density at radius 1 is 1.36 bits per heavy atom. The highest BCUT2D eigenvalue weighted by atomic mass is 31.2. The van der Waals surface area contributed by atoms with Gasteiger partial charge in [-0.15, -0.1) is 4.20 Å². The van der Waals surface area contributed by atoms with Crippen molar-refractivity contribution in [1.82, 2.24) is 0 Å². The summed E-state index contributed by atoms with van der Waals surface area (Å²) in [7, 11) is -3.72. The number of halogens is 1. The summed E-state index contributed by atoms with van der Waals surface area (Å²) in [5.41, 5.74) is -3.21. The average molecular weight is 230 g/mol. The van der Waals surface area contributed by atoms with E-state index >= 15 is 0 Å². The van der Waals surface area contributed by atoms with Crippen molar-refractivity contribution in [2.75, 3.05) is 13.7 Å². The van der Waals surface area contributed by atoms with E-state index in [4.69, 9.17) is 0 Å².